The van der Waals surface area contributed by atoms with Crippen molar-refractivity contribution in [1.29, 1.82) is 0 Å². The number of hydrogen-bond acceptors (Lipinski definition) is 2. The number of halogens is 1. The first kappa shape index (κ1) is 11.2. The van der Waals surface area contributed by atoms with E-state index in [1.165, 1.54) is 0 Å². The van der Waals surface area contributed by atoms with Gasteiger partial charge >= 0.3 is 0 Å². The molecule has 0 aliphatic carbocycles. The van der Waals surface area contributed by atoms with Gasteiger partial charge < -0.3 is 10.6 Å². The van der Waals surface area contributed by atoms with E-state index >= 15 is 0 Å². The summed E-state index contributed by atoms with van der Waals surface area (Å²) in [6, 6.07) is 5.60. The van der Waals surface area contributed by atoms with Crippen LogP contribution in [-0.2, 0) is 0 Å². The van der Waals surface area contributed by atoms with E-state index in [4.69, 9.17) is 17.3 Å². The zero-order valence-electron chi connectivity index (χ0n) is 8.92. The molecule has 0 aliphatic rings. The van der Waals surface area contributed by atoms with E-state index in [-0.39, 0.29) is 0 Å². The van der Waals surface area contributed by atoms with E-state index in [2.05, 4.69) is 18.7 Å². The van der Waals surface area contributed by atoms with E-state index in [0.717, 1.165) is 17.9 Å². The standard InChI is InChI=1S/C11H17ClN2/c1-8(2)7-14(3)11-9(12)5-4-6-10(11)13/h4-6,8H,7,13H2,1-3H3. The predicted octanol–water partition coefficient (Wildman–Crippen LogP) is 3.01. The Labute approximate surface area is 90.7 Å². The molecule has 0 fully saturated rings. The molecule has 1 rings (SSSR count). The van der Waals surface area contributed by atoms with E-state index in [0.29, 0.717) is 10.9 Å². The van der Waals surface area contributed by atoms with Gasteiger partial charge in [0, 0.05) is 13.6 Å². The lowest BCUT2D eigenvalue weighted by Gasteiger charge is -2.24. The monoisotopic (exact) mass is 212 g/mol. The molecule has 0 amide bonds. The van der Waals surface area contributed by atoms with Gasteiger partial charge in [-0.2, -0.15) is 0 Å². The summed E-state index contributed by atoms with van der Waals surface area (Å²) < 4.78 is 0. The summed E-state index contributed by atoms with van der Waals surface area (Å²) in [4.78, 5) is 2.10. The van der Waals surface area contributed by atoms with Gasteiger partial charge in [-0.25, -0.2) is 0 Å². The number of nitrogen functional groups attached to an aromatic ring is 1. The number of rotatable bonds is 3. The van der Waals surface area contributed by atoms with Crippen LogP contribution in [0.25, 0.3) is 0 Å². The third-order valence-corrected chi connectivity index (χ3v) is 2.34. The quantitative estimate of drug-likeness (QED) is 0.781. The third kappa shape index (κ3) is 2.55. The maximum Gasteiger partial charge on any atom is 0.0786 e. The van der Waals surface area contributed by atoms with Crippen LogP contribution < -0.4 is 10.6 Å². The van der Waals surface area contributed by atoms with Crippen LogP contribution in [0.3, 0.4) is 0 Å². The lowest BCUT2D eigenvalue weighted by Crippen LogP contribution is -2.23. The second-order valence-electron chi connectivity index (χ2n) is 3.95. The predicted molar refractivity (Wildman–Crippen MR) is 64.0 cm³/mol. The Morgan fingerprint density at radius 3 is 2.57 bits per heavy atom. The van der Waals surface area contributed by atoms with Crippen LogP contribution in [0.4, 0.5) is 11.4 Å². The lowest BCUT2D eigenvalue weighted by atomic mass is 10.2. The number of nitrogens with two attached hydrogens (primary N) is 1. The highest BCUT2D eigenvalue weighted by molar-refractivity contribution is 6.33. The lowest BCUT2D eigenvalue weighted by molar-refractivity contribution is 0.639. The Bertz CT molecular complexity index is 290. The van der Waals surface area contributed by atoms with Crippen molar-refractivity contribution in [3.8, 4) is 0 Å². The van der Waals surface area contributed by atoms with Crippen LogP contribution in [0.5, 0.6) is 0 Å². The van der Waals surface area contributed by atoms with Gasteiger partial charge in [-0.1, -0.05) is 31.5 Å². The fraction of sp³-hybridized carbons (Fsp3) is 0.455. The van der Waals surface area contributed by atoms with E-state index in [9.17, 15) is 0 Å². The Morgan fingerprint density at radius 1 is 1.43 bits per heavy atom. The molecule has 0 aromatic heterocycles. The largest absolute Gasteiger partial charge is 0.397 e. The van der Waals surface area contributed by atoms with Crippen molar-refractivity contribution in [3.05, 3.63) is 23.2 Å². The summed E-state index contributed by atoms with van der Waals surface area (Å²) in [5.41, 5.74) is 7.54. The molecule has 1 aromatic carbocycles. The molecule has 0 heterocycles. The number of nitrogens with zero attached hydrogens (tertiary/aromatic N) is 1. The first-order valence-corrected chi connectivity index (χ1v) is 5.15. The third-order valence-electron chi connectivity index (χ3n) is 2.04. The Balaban J connectivity index is 2.94. The van der Waals surface area contributed by atoms with Gasteiger partial charge in [-0.05, 0) is 18.1 Å². The number of benzene rings is 1. The Morgan fingerprint density at radius 2 is 2.07 bits per heavy atom. The summed E-state index contributed by atoms with van der Waals surface area (Å²) in [5, 5.41) is 0.716. The molecule has 14 heavy (non-hydrogen) atoms. The van der Waals surface area contributed by atoms with Crippen LogP contribution in [0, 0.1) is 5.92 Å². The molecular weight excluding hydrogens is 196 g/mol. The minimum absolute atomic E-state index is 0.593. The summed E-state index contributed by atoms with van der Waals surface area (Å²) in [7, 11) is 2.01. The van der Waals surface area contributed by atoms with Crippen molar-refractivity contribution in [3.63, 3.8) is 0 Å². The molecule has 3 heteroatoms. The molecule has 0 atom stereocenters. The SMILES string of the molecule is CC(C)CN(C)c1c(N)cccc1Cl. The maximum absolute atomic E-state index is 6.09. The molecule has 0 unspecified atom stereocenters. The highest BCUT2D eigenvalue weighted by atomic mass is 35.5. The second kappa shape index (κ2) is 4.56. The Hall–Kier alpha value is -0.890. The first-order valence-electron chi connectivity index (χ1n) is 4.77. The summed E-state index contributed by atoms with van der Waals surface area (Å²) in [6.45, 7) is 5.29. The van der Waals surface area contributed by atoms with Crippen LogP contribution in [0.2, 0.25) is 5.02 Å². The molecule has 0 aliphatic heterocycles. The fourth-order valence-corrected chi connectivity index (χ4v) is 1.90. The van der Waals surface area contributed by atoms with Crippen LogP contribution in [0.1, 0.15) is 13.8 Å². The molecule has 2 N–H and O–H groups in total. The topological polar surface area (TPSA) is 29.3 Å². The first-order chi connectivity index (χ1) is 6.52. The summed E-state index contributed by atoms with van der Waals surface area (Å²) >= 11 is 6.09. The number of anilines is 2. The van der Waals surface area contributed by atoms with Crippen molar-refractivity contribution in [2.45, 2.75) is 13.8 Å². The molecule has 0 saturated heterocycles. The molecule has 0 bridgehead atoms. The van der Waals surface area contributed by atoms with Crippen molar-refractivity contribution in [2.75, 3.05) is 24.2 Å². The normalized spacial score (nSPS) is 10.6. The van der Waals surface area contributed by atoms with E-state index < -0.39 is 0 Å². The van der Waals surface area contributed by atoms with E-state index in [1.54, 1.807) is 0 Å². The van der Waals surface area contributed by atoms with E-state index in [1.807, 2.05) is 25.2 Å². The van der Waals surface area contributed by atoms with Gasteiger partial charge in [0.2, 0.25) is 0 Å². The van der Waals surface area contributed by atoms with Crippen LogP contribution in [-0.4, -0.2) is 13.6 Å². The van der Waals surface area contributed by atoms with Crippen molar-refractivity contribution in [2.24, 2.45) is 5.92 Å². The average Bonchev–Trinajstić information content (AvgIpc) is 2.01. The number of hydrogen-bond donors (Lipinski definition) is 1. The highest BCUT2D eigenvalue weighted by Gasteiger charge is 2.10. The van der Waals surface area contributed by atoms with Gasteiger partial charge in [0.1, 0.15) is 0 Å². The summed E-state index contributed by atoms with van der Waals surface area (Å²) in [6.07, 6.45) is 0. The van der Waals surface area contributed by atoms with Gasteiger partial charge in [0.25, 0.3) is 0 Å². The van der Waals surface area contributed by atoms with Crippen molar-refractivity contribution >= 4 is 23.0 Å². The Kier molecular flexibility index (Phi) is 3.64. The molecule has 78 valence electrons. The van der Waals surface area contributed by atoms with Gasteiger partial charge in [-0.3, -0.25) is 0 Å². The van der Waals surface area contributed by atoms with Crippen LogP contribution in [0.15, 0.2) is 18.2 Å². The van der Waals surface area contributed by atoms with Crippen LogP contribution >= 0.6 is 11.6 Å². The minimum atomic E-state index is 0.593. The molecule has 2 nitrogen and oxygen atoms in total. The molecule has 0 saturated carbocycles. The van der Waals surface area contributed by atoms with Crippen molar-refractivity contribution in [1.82, 2.24) is 0 Å². The highest BCUT2D eigenvalue weighted by Crippen LogP contribution is 2.31. The average molecular weight is 213 g/mol. The van der Waals surface area contributed by atoms with Crippen molar-refractivity contribution < 1.29 is 0 Å². The van der Waals surface area contributed by atoms with Gasteiger partial charge in [-0.15, -0.1) is 0 Å². The van der Waals surface area contributed by atoms with Gasteiger partial charge in [0.15, 0.2) is 0 Å². The molecule has 1 aromatic rings. The van der Waals surface area contributed by atoms with Gasteiger partial charge in [0.05, 0.1) is 16.4 Å². The number of para-hydroxylation sites is 1. The molecular formula is C11H17ClN2. The smallest absolute Gasteiger partial charge is 0.0786 e. The fourth-order valence-electron chi connectivity index (χ4n) is 1.57. The minimum Gasteiger partial charge on any atom is -0.397 e. The zero-order valence-corrected chi connectivity index (χ0v) is 9.67. The zero-order chi connectivity index (χ0) is 10.7. The second-order valence-corrected chi connectivity index (χ2v) is 4.36. The molecule has 0 spiro atoms. The maximum atomic E-state index is 6.09. The summed E-state index contributed by atoms with van der Waals surface area (Å²) in [5.74, 6) is 0.593. The molecule has 0 radical (unpaired) electrons.